The van der Waals surface area contributed by atoms with Crippen molar-refractivity contribution in [2.75, 3.05) is 22.9 Å². The van der Waals surface area contributed by atoms with Gasteiger partial charge >= 0.3 is 11.9 Å². The molecule has 1 aromatic heterocycles. The molecule has 188 valence electrons. The van der Waals surface area contributed by atoms with E-state index in [1.165, 1.54) is 4.90 Å². The molecule has 2 aliphatic rings. The van der Waals surface area contributed by atoms with Crippen LogP contribution in [0, 0.1) is 11.3 Å². The molecule has 36 heavy (non-hydrogen) atoms. The molecule has 1 fully saturated rings. The summed E-state index contributed by atoms with van der Waals surface area (Å²) in [4.78, 5) is 33.1. The van der Waals surface area contributed by atoms with Crippen molar-refractivity contribution in [3.63, 3.8) is 0 Å². The van der Waals surface area contributed by atoms with Gasteiger partial charge in [0.25, 0.3) is 0 Å². The number of hydrogen-bond acceptors (Lipinski definition) is 7. The number of aromatic nitrogens is 1. The Morgan fingerprint density at radius 1 is 1.28 bits per heavy atom. The zero-order valence-electron chi connectivity index (χ0n) is 20.2. The molecule has 10 heteroatoms. The van der Waals surface area contributed by atoms with E-state index in [1.807, 2.05) is 37.1 Å². The second-order valence-corrected chi connectivity index (χ2v) is 9.57. The molecule has 1 amide bonds. The Labute approximate surface area is 215 Å². The van der Waals surface area contributed by atoms with Gasteiger partial charge in [0.2, 0.25) is 5.70 Å². The van der Waals surface area contributed by atoms with E-state index >= 15 is 0 Å². The van der Waals surface area contributed by atoms with Crippen molar-refractivity contribution in [2.24, 2.45) is 11.7 Å². The summed E-state index contributed by atoms with van der Waals surface area (Å²) in [5, 5.41) is 10.2. The Morgan fingerprint density at radius 2 is 2.03 bits per heavy atom. The number of hydrogen-bond donors (Lipinski definition) is 3. The number of allylic oxidation sites excluding steroid dienone is 2. The largest absolute Gasteiger partial charge is 0.459 e. The number of amides is 1. The fourth-order valence-corrected chi connectivity index (χ4v) is 4.17. The molecule has 1 aromatic carbocycles. The third-order valence-corrected chi connectivity index (χ3v) is 6.53. The number of nitrogens with zero attached hydrogens (tertiary/aromatic N) is 3. The van der Waals surface area contributed by atoms with Gasteiger partial charge in [-0.1, -0.05) is 37.6 Å². The third kappa shape index (κ3) is 5.64. The highest BCUT2D eigenvalue weighted by Crippen LogP contribution is 2.24. The summed E-state index contributed by atoms with van der Waals surface area (Å²) in [5.41, 5.74) is 8.69. The minimum absolute atomic E-state index is 0.0149. The van der Waals surface area contributed by atoms with Gasteiger partial charge < -0.3 is 15.4 Å². The summed E-state index contributed by atoms with van der Waals surface area (Å²) in [6, 6.07) is 10.3. The first-order valence-electron chi connectivity index (χ1n) is 11.8. The van der Waals surface area contributed by atoms with Crippen LogP contribution in [0.4, 0.5) is 11.5 Å². The molecule has 2 atom stereocenters. The maximum Gasteiger partial charge on any atom is 0.323 e. The molecule has 5 N–H and O–H groups in total. The van der Waals surface area contributed by atoms with E-state index in [1.54, 1.807) is 41.9 Å². The van der Waals surface area contributed by atoms with Gasteiger partial charge in [0.15, 0.2) is 0 Å². The zero-order chi connectivity index (χ0) is 25.8. The first-order chi connectivity index (χ1) is 17.3. The Kier molecular flexibility index (Phi) is 7.83. The molecule has 2 aliphatic heterocycles. The van der Waals surface area contributed by atoms with Crippen molar-refractivity contribution >= 4 is 46.9 Å². The standard InChI is InChI=1S/C26H29ClN6O3/c1-16(2)24(29)26(35)36-21-9-10-32(14-21)23-8-7-20(13-31-23)33(15-28)25(34)22-11-18(12-30-22)17-3-5-19(27)6-4-17/h3-8,11-13,15-16,21,24,28,30H,9-10,14,29H2,1-2H3/p+1. The van der Waals surface area contributed by atoms with Crippen molar-refractivity contribution in [1.29, 1.82) is 5.41 Å². The fourth-order valence-electron chi connectivity index (χ4n) is 4.04. The predicted molar refractivity (Wildman–Crippen MR) is 139 cm³/mol. The van der Waals surface area contributed by atoms with Crippen molar-refractivity contribution in [1.82, 2.24) is 4.98 Å². The molecule has 9 nitrogen and oxygen atoms in total. The number of nitrogens with one attached hydrogen (secondary N) is 1. The van der Waals surface area contributed by atoms with Crippen LogP contribution in [0.1, 0.15) is 25.8 Å². The van der Waals surface area contributed by atoms with Crippen LogP contribution in [0.25, 0.3) is 5.57 Å². The van der Waals surface area contributed by atoms with E-state index in [0.717, 1.165) is 17.5 Å². The smallest absolute Gasteiger partial charge is 0.323 e. The molecule has 2 unspecified atom stereocenters. The van der Waals surface area contributed by atoms with Crippen LogP contribution in [-0.4, -0.2) is 48.4 Å². The maximum absolute atomic E-state index is 13.1. The van der Waals surface area contributed by atoms with Gasteiger partial charge in [0, 0.05) is 29.6 Å². The van der Waals surface area contributed by atoms with E-state index in [0.29, 0.717) is 41.7 Å². The lowest BCUT2D eigenvalue weighted by Crippen LogP contribution is -2.77. The van der Waals surface area contributed by atoms with E-state index in [9.17, 15) is 9.59 Å². The summed E-state index contributed by atoms with van der Waals surface area (Å²) in [6.45, 7) is 4.99. The summed E-state index contributed by atoms with van der Waals surface area (Å²) in [5.74, 6) is 0.0173. The van der Waals surface area contributed by atoms with E-state index in [2.05, 4.69) is 4.98 Å². The van der Waals surface area contributed by atoms with Gasteiger partial charge in [-0.05, 0) is 35.7 Å². The fraction of sp³-hybridized carbons (Fsp3) is 0.308. The lowest BCUT2D eigenvalue weighted by molar-refractivity contribution is -0.523. The summed E-state index contributed by atoms with van der Waals surface area (Å²) in [6.07, 6.45) is 6.66. The Balaban J connectivity index is 1.39. The van der Waals surface area contributed by atoms with Gasteiger partial charge in [0.05, 0.1) is 24.8 Å². The molecule has 3 heterocycles. The van der Waals surface area contributed by atoms with Crippen molar-refractivity contribution in [3.8, 4) is 0 Å². The highest BCUT2D eigenvalue weighted by Gasteiger charge is 2.30. The van der Waals surface area contributed by atoms with E-state index in [4.69, 9.17) is 27.5 Å². The Morgan fingerprint density at radius 3 is 2.67 bits per heavy atom. The number of benzene rings is 1. The van der Waals surface area contributed by atoms with Crippen LogP contribution in [-0.2, 0) is 14.3 Å². The highest BCUT2D eigenvalue weighted by molar-refractivity contribution is 6.30. The number of carbonyl (C=O) groups is 2. The van der Waals surface area contributed by atoms with Crippen LogP contribution in [0.2, 0.25) is 5.02 Å². The number of nitrogens with two attached hydrogens (primary N) is 2. The molecule has 0 saturated carbocycles. The third-order valence-electron chi connectivity index (χ3n) is 6.28. The highest BCUT2D eigenvalue weighted by atomic mass is 35.5. The van der Waals surface area contributed by atoms with Gasteiger partial charge in [-0.15, -0.1) is 0 Å². The predicted octanol–water partition coefficient (Wildman–Crippen LogP) is 2.28. The summed E-state index contributed by atoms with van der Waals surface area (Å²) < 4.78 is 5.56. The number of carbonyl (C=O) groups excluding carboxylic acids is 2. The van der Waals surface area contributed by atoms with Crippen molar-refractivity contribution in [3.05, 3.63) is 71.2 Å². The molecule has 2 aromatic rings. The second kappa shape index (κ2) is 11.0. The molecular formula is C26H30ClN6O3+. The second-order valence-electron chi connectivity index (χ2n) is 9.14. The van der Waals surface area contributed by atoms with Crippen LogP contribution in [0.5, 0.6) is 0 Å². The maximum atomic E-state index is 13.1. The summed E-state index contributed by atoms with van der Waals surface area (Å²) in [7, 11) is 0. The van der Waals surface area contributed by atoms with Crippen molar-refractivity contribution < 1.29 is 19.6 Å². The number of halogens is 1. The molecule has 0 bridgehead atoms. The molecule has 1 saturated heterocycles. The molecule has 0 spiro atoms. The van der Waals surface area contributed by atoms with Gasteiger partial charge in [-0.3, -0.25) is 25.2 Å². The number of ether oxygens (including phenoxy) is 1. The van der Waals surface area contributed by atoms with Crippen LogP contribution in [0.15, 0.2) is 60.6 Å². The number of pyridine rings is 1. The Hall–Kier alpha value is -3.53. The van der Waals surface area contributed by atoms with Crippen molar-refractivity contribution in [2.45, 2.75) is 32.4 Å². The lowest BCUT2D eigenvalue weighted by Gasteiger charge is -2.21. The average molecular weight is 510 g/mol. The van der Waals surface area contributed by atoms with Crippen LogP contribution in [0.3, 0.4) is 0 Å². The average Bonchev–Trinajstić information content (AvgIpc) is 3.55. The van der Waals surface area contributed by atoms with Crippen LogP contribution < -0.4 is 20.9 Å². The monoisotopic (exact) mass is 509 g/mol. The normalized spacial score (nSPS) is 18.0. The number of esters is 1. The number of quaternary nitrogens is 1. The van der Waals surface area contributed by atoms with Gasteiger partial charge in [-0.25, -0.2) is 4.98 Å². The molecular weight excluding hydrogens is 480 g/mol. The SMILES string of the molecule is CC(C)C(N)C(=O)OC1CCN(c2ccc(N(C=N)C(=O)C3=CC(c4ccc(Cl)cc4)=C[NH2+]3)cn2)C1. The number of anilines is 2. The van der Waals surface area contributed by atoms with Crippen LogP contribution >= 0.6 is 11.6 Å². The summed E-state index contributed by atoms with van der Waals surface area (Å²) >= 11 is 5.97. The minimum atomic E-state index is -0.634. The lowest BCUT2D eigenvalue weighted by atomic mass is 10.1. The molecule has 0 aliphatic carbocycles. The van der Waals surface area contributed by atoms with E-state index in [-0.39, 0.29) is 23.9 Å². The van der Waals surface area contributed by atoms with E-state index < -0.39 is 6.04 Å². The van der Waals surface area contributed by atoms with Gasteiger partial charge in [0.1, 0.15) is 24.2 Å². The zero-order valence-corrected chi connectivity index (χ0v) is 21.0. The molecule has 0 radical (unpaired) electrons. The number of rotatable bonds is 8. The first kappa shape index (κ1) is 25.6. The first-order valence-corrected chi connectivity index (χ1v) is 12.2. The van der Waals surface area contributed by atoms with Gasteiger partial charge in [-0.2, -0.15) is 0 Å². The molecule has 4 rings (SSSR count). The minimum Gasteiger partial charge on any atom is -0.459 e. The topological polar surface area (TPSA) is 129 Å². The Bertz CT molecular complexity index is 1190. The quantitative estimate of drug-likeness (QED) is 0.284.